The lowest BCUT2D eigenvalue weighted by atomic mass is 9.87. The predicted molar refractivity (Wildman–Crippen MR) is 72.4 cm³/mol. The van der Waals surface area contributed by atoms with E-state index in [1.165, 1.54) is 0 Å². The highest BCUT2D eigenvalue weighted by atomic mass is 79.9. The highest BCUT2D eigenvalue weighted by Crippen LogP contribution is 2.33. The summed E-state index contributed by atoms with van der Waals surface area (Å²) in [5.74, 6) is 2.48. The Morgan fingerprint density at radius 2 is 1.59 bits per heavy atom. The van der Waals surface area contributed by atoms with E-state index in [0.717, 1.165) is 4.47 Å². The quantitative estimate of drug-likeness (QED) is 0.840. The van der Waals surface area contributed by atoms with Gasteiger partial charge in [0.15, 0.2) is 5.60 Å². The second-order valence-electron chi connectivity index (χ2n) is 3.70. The SMILES string of the molecule is C#CC(O)(c1ccccc1)c1ccccc1Br. The molecule has 2 aromatic rings. The zero-order chi connectivity index (χ0) is 12.3. The molecule has 1 N–H and O–H groups in total. The Labute approximate surface area is 109 Å². The van der Waals surface area contributed by atoms with Gasteiger partial charge in [-0.3, -0.25) is 0 Å². The second-order valence-corrected chi connectivity index (χ2v) is 4.55. The molecule has 0 fully saturated rings. The highest BCUT2D eigenvalue weighted by Gasteiger charge is 2.30. The summed E-state index contributed by atoms with van der Waals surface area (Å²) in [6, 6.07) is 16.7. The molecular weight excluding hydrogens is 276 g/mol. The van der Waals surface area contributed by atoms with Gasteiger partial charge in [0, 0.05) is 15.6 Å². The lowest BCUT2D eigenvalue weighted by Gasteiger charge is -2.24. The van der Waals surface area contributed by atoms with Crippen molar-refractivity contribution in [3.8, 4) is 12.3 Å². The molecule has 0 spiro atoms. The molecule has 17 heavy (non-hydrogen) atoms. The number of aliphatic hydroxyl groups is 1. The zero-order valence-electron chi connectivity index (χ0n) is 9.10. The van der Waals surface area contributed by atoms with Crippen molar-refractivity contribution in [1.82, 2.24) is 0 Å². The molecule has 0 aliphatic carbocycles. The van der Waals surface area contributed by atoms with Gasteiger partial charge in [-0.2, -0.15) is 0 Å². The Morgan fingerprint density at radius 1 is 1.00 bits per heavy atom. The van der Waals surface area contributed by atoms with Gasteiger partial charge in [-0.25, -0.2) is 0 Å². The van der Waals surface area contributed by atoms with Crippen molar-refractivity contribution in [3.63, 3.8) is 0 Å². The molecule has 2 rings (SSSR count). The van der Waals surface area contributed by atoms with E-state index in [1.807, 2.05) is 54.6 Å². The molecule has 0 aromatic heterocycles. The molecule has 1 atom stereocenters. The Morgan fingerprint density at radius 3 is 2.18 bits per heavy atom. The van der Waals surface area contributed by atoms with Crippen LogP contribution in [-0.4, -0.2) is 5.11 Å². The Hall–Kier alpha value is -1.56. The van der Waals surface area contributed by atoms with Crippen LogP contribution in [0.15, 0.2) is 59.1 Å². The summed E-state index contributed by atoms with van der Waals surface area (Å²) in [4.78, 5) is 0. The smallest absolute Gasteiger partial charge is 0.177 e. The predicted octanol–water partition coefficient (Wildman–Crippen LogP) is 3.32. The minimum Gasteiger partial charge on any atom is -0.369 e. The molecule has 0 saturated carbocycles. The van der Waals surface area contributed by atoms with E-state index < -0.39 is 5.60 Å². The summed E-state index contributed by atoms with van der Waals surface area (Å²) in [5, 5.41) is 10.7. The average molecular weight is 287 g/mol. The van der Waals surface area contributed by atoms with E-state index in [4.69, 9.17) is 6.42 Å². The van der Waals surface area contributed by atoms with E-state index in [-0.39, 0.29) is 0 Å². The Kier molecular flexibility index (Phi) is 3.33. The highest BCUT2D eigenvalue weighted by molar-refractivity contribution is 9.10. The fourth-order valence-corrected chi connectivity index (χ4v) is 2.32. The fourth-order valence-electron chi connectivity index (χ4n) is 1.75. The monoisotopic (exact) mass is 286 g/mol. The van der Waals surface area contributed by atoms with Crippen LogP contribution in [0.1, 0.15) is 11.1 Å². The largest absolute Gasteiger partial charge is 0.369 e. The maximum atomic E-state index is 10.7. The lowest BCUT2D eigenvalue weighted by Crippen LogP contribution is -2.25. The molecule has 1 unspecified atom stereocenters. The summed E-state index contributed by atoms with van der Waals surface area (Å²) < 4.78 is 0.796. The summed E-state index contributed by atoms with van der Waals surface area (Å²) in [6.07, 6.45) is 5.52. The first-order valence-corrected chi connectivity index (χ1v) is 5.98. The van der Waals surface area contributed by atoms with Gasteiger partial charge in [0.2, 0.25) is 0 Å². The van der Waals surface area contributed by atoms with Crippen LogP contribution in [0, 0.1) is 12.3 Å². The van der Waals surface area contributed by atoms with Crippen LogP contribution in [0.4, 0.5) is 0 Å². The first-order chi connectivity index (χ1) is 8.18. The minimum absolute atomic E-state index is 0.675. The number of halogens is 1. The summed E-state index contributed by atoms with van der Waals surface area (Å²) >= 11 is 3.41. The van der Waals surface area contributed by atoms with Crippen molar-refractivity contribution in [2.24, 2.45) is 0 Å². The van der Waals surface area contributed by atoms with Gasteiger partial charge >= 0.3 is 0 Å². The lowest BCUT2D eigenvalue weighted by molar-refractivity contribution is 0.144. The van der Waals surface area contributed by atoms with E-state index in [9.17, 15) is 5.11 Å². The van der Waals surface area contributed by atoms with Crippen molar-refractivity contribution >= 4 is 15.9 Å². The van der Waals surface area contributed by atoms with Crippen LogP contribution in [-0.2, 0) is 5.60 Å². The van der Waals surface area contributed by atoms with E-state index in [2.05, 4.69) is 21.9 Å². The fraction of sp³-hybridized carbons (Fsp3) is 0.0667. The molecule has 0 radical (unpaired) electrons. The van der Waals surface area contributed by atoms with Gasteiger partial charge in [0.05, 0.1) is 0 Å². The molecule has 0 amide bonds. The van der Waals surface area contributed by atoms with Crippen LogP contribution in [0.3, 0.4) is 0 Å². The number of rotatable bonds is 2. The van der Waals surface area contributed by atoms with Crippen molar-refractivity contribution in [1.29, 1.82) is 0 Å². The molecule has 0 bridgehead atoms. The molecule has 2 heteroatoms. The Bertz CT molecular complexity index is 557. The standard InChI is InChI=1S/C15H11BrO/c1-2-15(17,12-8-4-3-5-9-12)13-10-6-7-11-14(13)16/h1,3-11,17H. The van der Waals surface area contributed by atoms with Crippen molar-refractivity contribution < 1.29 is 5.11 Å². The number of hydrogen-bond acceptors (Lipinski definition) is 1. The van der Waals surface area contributed by atoms with Crippen molar-refractivity contribution in [3.05, 3.63) is 70.2 Å². The van der Waals surface area contributed by atoms with Gasteiger partial charge in [-0.15, -0.1) is 6.42 Å². The van der Waals surface area contributed by atoms with E-state index in [0.29, 0.717) is 11.1 Å². The maximum Gasteiger partial charge on any atom is 0.177 e. The van der Waals surface area contributed by atoms with Crippen LogP contribution < -0.4 is 0 Å². The van der Waals surface area contributed by atoms with E-state index in [1.54, 1.807) is 0 Å². The molecular formula is C15H11BrO. The van der Waals surface area contributed by atoms with Gasteiger partial charge in [-0.05, 0) is 6.07 Å². The number of terminal acetylenes is 1. The zero-order valence-corrected chi connectivity index (χ0v) is 10.7. The van der Waals surface area contributed by atoms with Crippen LogP contribution in [0.25, 0.3) is 0 Å². The Balaban J connectivity index is 2.62. The molecule has 2 aromatic carbocycles. The van der Waals surface area contributed by atoms with Crippen LogP contribution in [0.2, 0.25) is 0 Å². The normalized spacial score (nSPS) is 13.7. The minimum atomic E-state index is -1.40. The molecule has 0 saturated heterocycles. The third-order valence-electron chi connectivity index (χ3n) is 2.66. The van der Waals surface area contributed by atoms with Gasteiger partial charge in [0.25, 0.3) is 0 Å². The summed E-state index contributed by atoms with van der Waals surface area (Å²) in [6.45, 7) is 0. The summed E-state index contributed by atoms with van der Waals surface area (Å²) in [7, 11) is 0. The average Bonchev–Trinajstić information content (AvgIpc) is 2.39. The number of benzene rings is 2. The van der Waals surface area contributed by atoms with Gasteiger partial charge < -0.3 is 5.11 Å². The van der Waals surface area contributed by atoms with Gasteiger partial charge in [0.1, 0.15) is 0 Å². The third-order valence-corrected chi connectivity index (χ3v) is 3.36. The van der Waals surface area contributed by atoms with Crippen LogP contribution in [0.5, 0.6) is 0 Å². The first-order valence-electron chi connectivity index (χ1n) is 5.19. The summed E-state index contributed by atoms with van der Waals surface area (Å²) in [5.41, 5.74) is -0.0375. The molecule has 0 aliphatic heterocycles. The topological polar surface area (TPSA) is 20.2 Å². The van der Waals surface area contributed by atoms with Gasteiger partial charge in [-0.1, -0.05) is 70.4 Å². The number of hydrogen-bond donors (Lipinski definition) is 1. The first kappa shape index (κ1) is 11.9. The molecule has 1 nitrogen and oxygen atoms in total. The molecule has 0 aliphatic rings. The third kappa shape index (κ3) is 2.12. The molecule has 0 heterocycles. The van der Waals surface area contributed by atoms with E-state index >= 15 is 0 Å². The second kappa shape index (κ2) is 4.75. The maximum absolute atomic E-state index is 10.7. The van der Waals surface area contributed by atoms with Crippen molar-refractivity contribution in [2.75, 3.05) is 0 Å². The molecule has 84 valence electrons. The van der Waals surface area contributed by atoms with Crippen LogP contribution >= 0.6 is 15.9 Å². The van der Waals surface area contributed by atoms with Crippen molar-refractivity contribution in [2.45, 2.75) is 5.60 Å².